The van der Waals surface area contributed by atoms with Crippen LogP contribution in [0.3, 0.4) is 0 Å². The van der Waals surface area contributed by atoms with Gasteiger partial charge in [0.25, 0.3) is 0 Å². The third-order valence-electron chi connectivity index (χ3n) is 4.43. The number of hydrogen-bond acceptors (Lipinski definition) is 2. The van der Waals surface area contributed by atoms with Crippen LogP contribution < -0.4 is 11.3 Å². The minimum absolute atomic E-state index is 0.0753. The number of nitrogens with two attached hydrogens (primary N) is 1. The highest BCUT2D eigenvalue weighted by Crippen LogP contribution is 2.62. The van der Waals surface area contributed by atoms with Crippen LogP contribution in [0.5, 0.6) is 0 Å². The molecule has 2 saturated carbocycles. The maximum absolute atomic E-state index is 14.1. The van der Waals surface area contributed by atoms with E-state index < -0.39 is 17.7 Å². The van der Waals surface area contributed by atoms with Crippen molar-refractivity contribution in [1.82, 2.24) is 5.43 Å². The van der Waals surface area contributed by atoms with Crippen molar-refractivity contribution in [2.45, 2.75) is 25.3 Å². The summed E-state index contributed by atoms with van der Waals surface area (Å²) in [6.45, 7) is 0. The van der Waals surface area contributed by atoms with Crippen molar-refractivity contribution < 1.29 is 8.78 Å². The third kappa shape index (κ3) is 1.80. The van der Waals surface area contributed by atoms with Crippen LogP contribution in [0.15, 0.2) is 16.6 Å². The smallest absolute Gasteiger partial charge is 0.145 e. The summed E-state index contributed by atoms with van der Waals surface area (Å²) in [7, 11) is 0. The molecule has 18 heavy (non-hydrogen) atoms. The van der Waals surface area contributed by atoms with Crippen LogP contribution in [0.25, 0.3) is 0 Å². The highest BCUT2D eigenvalue weighted by Gasteiger charge is 2.56. The quantitative estimate of drug-likeness (QED) is 0.510. The Kier molecular flexibility index (Phi) is 3.16. The first-order valence-electron chi connectivity index (χ1n) is 6.24. The molecule has 0 heterocycles. The van der Waals surface area contributed by atoms with Gasteiger partial charge in [-0.15, -0.1) is 0 Å². The fourth-order valence-electron chi connectivity index (χ4n) is 3.59. The molecule has 0 aliphatic heterocycles. The Labute approximate surface area is 113 Å². The van der Waals surface area contributed by atoms with E-state index >= 15 is 0 Å². The first-order chi connectivity index (χ1) is 8.65. The molecule has 0 amide bonds. The van der Waals surface area contributed by atoms with Gasteiger partial charge >= 0.3 is 0 Å². The van der Waals surface area contributed by atoms with E-state index in [1.54, 1.807) is 0 Å². The molecular weight excluding hydrogens is 302 g/mol. The zero-order valence-electron chi connectivity index (χ0n) is 9.80. The lowest BCUT2D eigenvalue weighted by Crippen LogP contribution is -2.32. The molecule has 3 atom stereocenters. The zero-order chi connectivity index (χ0) is 12.9. The maximum Gasteiger partial charge on any atom is 0.145 e. The summed E-state index contributed by atoms with van der Waals surface area (Å²) in [5.41, 5.74) is 2.69. The summed E-state index contributed by atoms with van der Waals surface area (Å²) >= 11 is 3.10. The van der Waals surface area contributed by atoms with E-state index in [1.807, 2.05) is 0 Å². The van der Waals surface area contributed by atoms with Crippen molar-refractivity contribution in [2.24, 2.45) is 23.6 Å². The maximum atomic E-state index is 14.1. The van der Waals surface area contributed by atoms with E-state index in [0.717, 1.165) is 12.8 Å². The second-order valence-electron chi connectivity index (χ2n) is 5.24. The number of hydrogen-bond donors (Lipinski definition) is 2. The summed E-state index contributed by atoms with van der Waals surface area (Å²) in [6, 6.07) is 2.25. The monoisotopic (exact) mass is 316 g/mol. The lowest BCUT2D eigenvalue weighted by molar-refractivity contribution is 0.392. The second kappa shape index (κ2) is 4.54. The van der Waals surface area contributed by atoms with Gasteiger partial charge in [0, 0.05) is 5.56 Å². The normalized spacial score (nSPS) is 31.2. The van der Waals surface area contributed by atoms with Crippen LogP contribution in [-0.4, -0.2) is 0 Å². The molecule has 3 N–H and O–H groups in total. The molecule has 2 fully saturated rings. The number of rotatable bonds is 3. The molecule has 0 spiro atoms. The summed E-state index contributed by atoms with van der Waals surface area (Å²) in [4.78, 5) is 0. The molecule has 5 heteroatoms. The van der Waals surface area contributed by atoms with Crippen LogP contribution in [0.2, 0.25) is 0 Å². The summed E-state index contributed by atoms with van der Waals surface area (Å²) in [5, 5.41) is 0. The molecule has 3 rings (SSSR count). The van der Waals surface area contributed by atoms with Crippen molar-refractivity contribution in [3.63, 3.8) is 0 Å². The predicted octanol–water partition coefficient (Wildman–Crippen LogP) is 3.28. The van der Waals surface area contributed by atoms with Crippen LogP contribution in [0.4, 0.5) is 8.78 Å². The lowest BCUT2D eigenvalue weighted by atomic mass is 9.96. The van der Waals surface area contributed by atoms with Crippen LogP contribution in [0.1, 0.15) is 30.9 Å². The molecular formula is C13H15BrF2N2. The van der Waals surface area contributed by atoms with Crippen LogP contribution in [0, 0.1) is 29.4 Å². The van der Waals surface area contributed by atoms with Crippen molar-refractivity contribution >= 4 is 15.9 Å². The molecule has 0 bridgehead atoms. The largest absolute Gasteiger partial charge is 0.271 e. The molecule has 2 nitrogen and oxygen atoms in total. The lowest BCUT2D eigenvalue weighted by Gasteiger charge is -2.20. The molecule has 0 saturated heterocycles. The number of fused-ring (bicyclic) bond motifs is 1. The zero-order valence-corrected chi connectivity index (χ0v) is 11.4. The molecule has 2 aliphatic carbocycles. The minimum Gasteiger partial charge on any atom is -0.271 e. The molecule has 2 aliphatic rings. The fraction of sp³-hybridized carbons (Fsp3) is 0.538. The standard InChI is InChI=1S/C13H15BrF2N2/c14-8-4-5-9(15)11(12(8)16)13(18-17)10-6-2-1-3-7(6)10/h4-7,10,13,18H,1-3,17H2. The second-order valence-corrected chi connectivity index (χ2v) is 6.09. The third-order valence-corrected chi connectivity index (χ3v) is 5.04. The van der Waals surface area contributed by atoms with Gasteiger partial charge in [-0.25, -0.2) is 8.78 Å². The van der Waals surface area contributed by atoms with E-state index in [9.17, 15) is 8.78 Å². The Morgan fingerprint density at radius 1 is 1.28 bits per heavy atom. The summed E-state index contributed by atoms with van der Waals surface area (Å²) in [5.74, 6) is 5.93. The number of halogens is 3. The predicted molar refractivity (Wildman–Crippen MR) is 68.4 cm³/mol. The van der Waals surface area contributed by atoms with E-state index in [4.69, 9.17) is 5.84 Å². The van der Waals surface area contributed by atoms with Gasteiger partial charge in [-0.1, -0.05) is 6.42 Å². The van der Waals surface area contributed by atoms with Crippen molar-refractivity contribution in [3.8, 4) is 0 Å². The minimum atomic E-state index is -0.539. The van der Waals surface area contributed by atoms with Crippen LogP contribution >= 0.6 is 15.9 Å². The first-order valence-corrected chi connectivity index (χ1v) is 7.04. The average Bonchev–Trinajstić information content (AvgIpc) is 2.83. The molecule has 1 aromatic rings. The van der Waals surface area contributed by atoms with Gasteiger partial charge in [0.1, 0.15) is 11.6 Å². The Bertz CT molecular complexity index is 470. The van der Waals surface area contributed by atoms with E-state index in [-0.39, 0.29) is 16.0 Å². The van der Waals surface area contributed by atoms with Gasteiger partial charge < -0.3 is 0 Å². The molecule has 0 aromatic heterocycles. The van der Waals surface area contributed by atoms with E-state index in [0.29, 0.717) is 11.8 Å². The van der Waals surface area contributed by atoms with Crippen molar-refractivity contribution in [1.29, 1.82) is 0 Å². The molecule has 3 unspecified atom stereocenters. The van der Waals surface area contributed by atoms with Crippen LogP contribution in [-0.2, 0) is 0 Å². The average molecular weight is 317 g/mol. The van der Waals surface area contributed by atoms with Gasteiger partial charge in [-0.05, 0) is 58.7 Å². The molecule has 98 valence electrons. The highest BCUT2D eigenvalue weighted by molar-refractivity contribution is 9.10. The van der Waals surface area contributed by atoms with Crippen molar-refractivity contribution in [2.75, 3.05) is 0 Å². The number of benzene rings is 1. The van der Waals surface area contributed by atoms with E-state index in [1.165, 1.54) is 18.6 Å². The van der Waals surface area contributed by atoms with Gasteiger partial charge in [0.15, 0.2) is 0 Å². The Morgan fingerprint density at radius 3 is 2.56 bits per heavy atom. The number of hydrazine groups is 1. The van der Waals surface area contributed by atoms with E-state index in [2.05, 4.69) is 21.4 Å². The van der Waals surface area contributed by atoms with Gasteiger partial charge in [0.2, 0.25) is 0 Å². The Balaban J connectivity index is 1.95. The summed E-state index contributed by atoms with van der Waals surface area (Å²) < 4.78 is 28.2. The SMILES string of the molecule is NNC(c1c(F)ccc(Br)c1F)C1C2CCCC21. The molecule has 1 aromatic carbocycles. The molecule has 0 radical (unpaired) electrons. The Morgan fingerprint density at radius 2 is 1.94 bits per heavy atom. The van der Waals surface area contributed by atoms with Gasteiger partial charge in [0.05, 0.1) is 10.5 Å². The number of nitrogens with one attached hydrogen (secondary N) is 1. The van der Waals surface area contributed by atoms with Gasteiger partial charge in [-0.2, -0.15) is 0 Å². The Hall–Kier alpha value is -0.520. The fourth-order valence-corrected chi connectivity index (χ4v) is 3.93. The van der Waals surface area contributed by atoms with Crippen molar-refractivity contribution in [3.05, 3.63) is 33.8 Å². The first kappa shape index (κ1) is 12.5. The van der Waals surface area contributed by atoms with Gasteiger partial charge in [-0.3, -0.25) is 11.3 Å². The highest BCUT2D eigenvalue weighted by atomic mass is 79.9. The topological polar surface area (TPSA) is 38.0 Å². The summed E-state index contributed by atoms with van der Waals surface area (Å²) in [6.07, 6.45) is 3.54.